The van der Waals surface area contributed by atoms with Crippen LogP contribution in [0.15, 0.2) is 18.3 Å². The minimum absolute atomic E-state index is 0.0354. The highest BCUT2D eigenvalue weighted by Gasteiger charge is 2.31. The van der Waals surface area contributed by atoms with Crippen molar-refractivity contribution in [2.24, 2.45) is 0 Å². The maximum Gasteiger partial charge on any atom is 0.417 e. The average Bonchev–Trinajstić information content (AvgIpc) is 2.97. The van der Waals surface area contributed by atoms with Gasteiger partial charge < -0.3 is 4.90 Å². The molecule has 1 saturated carbocycles. The van der Waals surface area contributed by atoms with Gasteiger partial charge in [0.15, 0.2) is 0 Å². The Kier molecular flexibility index (Phi) is 4.59. The molecule has 0 bridgehead atoms. The van der Waals surface area contributed by atoms with Crippen LogP contribution in [0.4, 0.5) is 13.2 Å². The minimum atomic E-state index is -4.44. The van der Waals surface area contributed by atoms with E-state index >= 15 is 0 Å². The molecule has 1 heterocycles. The van der Waals surface area contributed by atoms with Gasteiger partial charge in [-0.1, -0.05) is 12.8 Å². The number of nitrogens with zero attached hydrogens (tertiary/aromatic N) is 2. The number of hydrogen-bond acceptors (Lipinski definition) is 3. The lowest BCUT2D eigenvalue weighted by molar-refractivity contribution is -0.141. The molecule has 114 valence electrons. The Morgan fingerprint density at radius 3 is 2.48 bits per heavy atom. The molecule has 1 aliphatic rings. The van der Waals surface area contributed by atoms with Crippen LogP contribution in [-0.4, -0.2) is 28.1 Å². The minimum Gasteiger partial charge on any atom is -0.327 e. The first-order valence-electron chi connectivity index (χ1n) is 6.69. The first-order chi connectivity index (χ1) is 9.91. The number of aldehydes is 1. The second kappa shape index (κ2) is 6.24. The number of carbonyl (C=O) groups is 2. The van der Waals surface area contributed by atoms with E-state index in [4.69, 9.17) is 0 Å². The third-order valence-electron chi connectivity index (χ3n) is 3.63. The summed E-state index contributed by atoms with van der Waals surface area (Å²) in [4.78, 5) is 27.5. The van der Waals surface area contributed by atoms with E-state index in [1.54, 1.807) is 0 Å². The van der Waals surface area contributed by atoms with Gasteiger partial charge in [-0.3, -0.25) is 14.6 Å². The molecule has 4 nitrogen and oxygen atoms in total. The summed E-state index contributed by atoms with van der Waals surface area (Å²) in [5.74, 6) is -0.649. The van der Waals surface area contributed by atoms with Crippen molar-refractivity contribution < 1.29 is 22.8 Å². The third-order valence-corrected chi connectivity index (χ3v) is 3.63. The summed E-state index contributed by atoms with van der Waals surface area (Å²) in [6.45, 7) is 0.0559. The van der Waals surface area contributed by atoms with E-state index < -0.39 is 17.6 Å². The largest absolute Gasteiger partial charge is 0.417 e. The first-order valence-corrected chi connectivity index (χ1v) is 6.69. The molecule has 1 aliphatic carbocycles. The van der Waals surface area contributed by atoms with Crippen molar-refractivity contribution in [2.45, 2.75) is 44.4 Å². The van der Waals surface area contributed by atoms with Crippen LogP contribution in [0.2, 0.25) is 0 Å². The van der Waals surface area contributed by atoms with Gasteiger partial charge in [0.05, 0.1) is 17.8 Å². The van der Waals surface area contributed by atoms with Gasteiger partial charge in [0.25, 0.3) is 5.91 Å². The van der Waals surface area contributed by atoms with Gasteiger partial charge in [0, 0.05) is 12.2 Å². The molecule has 0 atom stereocenters. The molecule has 0 aliphatic heterocycles. The Bertz CT molecular complexity index is 508. The average molecular weight is 300 g/mol. The molecule has 0 N–H and O–H groups in total. The lowest BCUT2D eigenvalue weighted by Crippen LogP contribution is -2.39. The van der Waals surface area contributed by atoms with E-state index in [0.717, 1.165) is 37.9 Å². The van der Waals surface area contributed by atoms with Crippen molar-refractivity contribution in [1.29, 1.82) is 0 Å². The summed E-state index contributed by atoms with van der Waals surface area (Å²) >= 11 is 0. The van der Waals surface area contributed by atoms with Crippen LogP contribution in [0.3, 0.4) is 0 Å². The van der Waals surface area contributed by atoms with Gasteiger partial charge in [0.1, 0.15) is 0 Å². The van der Waals surface area contributed by atoms with Gasteiger partial charge in [-0.25, -0.2) is 0 Å². The normalized spacial score (nSPS) is 16.0. The smallest absolute Gasteiger partial charge is 0.327 e. The third kappa shape index (κ3) is 3.80. The van der Waals surface area contributed by atoms with Crippen molar-refractivity contribution in [1.82, 2.24) is 9.88 Å². The molecular weight excluding hydrogens is 285 g/mol. The Balaban J connectivity index is 2.12. The molecule has 21 heavy (non-hydrogen) atoms. The lowest BCUT2D eigenvalue weighted by Gasteiger charge is -2.26. The van der Waals surface area contributed by atoms with Crippen molar-refractivity contribution >= 4 is 12.2 Å². The summed E-state index contributed by atoms with van der Waals surface area (Å²) in [5, 5.41) is 0. The van der Waals surface area contributed by atoms with E-state index in [-0.39, 0.29) is 18.9 Å². The molecule has 0 spiro atoms. The van der Waals surface area contributed by atoms with Crippen LogP contribution in [0.25, 0.3) is 0 Å². The molecule has 0 unspecified atom stereocenters. The monoisotopic (exact) mass is 300 g/mol. The zero-order chi connectivity index (χ0) is 15.5. The van der Waals surface area contributed by atoms with Crippen LogP contribution in [0, 0.1) is 0 Å². The molecule has 2 rings (SSSR count). The summed E-state index contributed by atoms with van der Waals surface area (Å²) in [6.07, 6.45) is 0.118. The predicted octanol–water partition coefficient (Wildman–Crippen LogP) is 2.57. The second-order valence-corrected chi connectivity index (χ2v) is 5.06. The van der Waals surface area contributed by atoms with Gasteiger partial charge >= 0.3 is 6.18 Å². The van der Waals surface area contributed by atoms with E-state index in [0.29, 0.717) is 5.69 Å². The van der Waals surface area contributed by atoms with Crippen LogP contribution in [0.5, 0.6) is 0 Å². The molecule has 1 aromatic rings. The maximum absolute atomic E-state index is 12.5. The van der Waals surface area contributed by atoms with Gasteiger partial charge in [-0.05, 0) is 25.0 Å². The van der Waals surface area contributed by atoms with Crippen LogP contribution in [-0.2, 0) is 22.3 Å². The van der Waals surface area contributed by atoms with Crippen molar-refractivity contribution in [2.75, 3.05) is 0 Å². The topological polar surface area (TPSA) is 50.3 Å². The number of hydrogen-bond donors (Lipinski definition) is 0. The van der Waals surface area contributed by atoms with Crippen molar-refractivity contribution in [3.05, 3.63) is 29.6 Å². The SMILES string of the molecule is O=CC(=O)N(Cc1ccc(C(F)(F)F)cn1)C1CCCC1. The highest BCUT2D eigenvalue weighted by atomic mass is 19.4. The maximum atomic E-state index is 12.5. The molecule has 0 radical (unpaired) electrons. The summed E-state index contributed by atoms with van der Waals surface area (Å²) in [5.41, 5.74) is -0.495. The van der Waals surface area contributed by atoms with Crippen molar-refractivity contribution in [3.63, 3.8) is 0 Å². The first kappa shape index (κ1) is 15.5. The molecule has 0 aromatic carbocycles. The quantitative estimate of drug-likeness (QED) is 0.634. The Morgan fingerprint density at radius 1 is 1.33 bits per heavy atom. The number of aromatic nitrogens is 1. The van der Waals surface area contributed by atoms with Crippen LogP contribution >= 0.6 is 0 Å². The van der Waals surface area contributed by atoms with E-state index in [2.05, 4.69) is 4.98 Å². The van der Waals surface area contributed by atoms with Gasteiger partial charge in [-0.15, -0.1) is 0 Å². The highest BCUT2D eigenvalue weighted by Crippen LogP contribution is 2.29. The number of pyridine rings is 1. The van der Waals surface area contributed by atoms with E-state index in [1.807, 2.05) is 0 Å². The zero-order valence-corrected chi connectivity index (χ0v) is 11.3. The van der Waals surface area contributed by atoms with Gasteiger partial charge in [-0.2, -0.15) is 13.2 Å². The fourth-order valence-corrected chi connectivity index (χ4v) is 2.53. The number of amides is 1. The highest BCUT2D eigenvalue weighted by molar-refractivity contribution is 6.23. The lowest BCUT2D eigenvalue weighted by atomic mass is 10.2. The number of carbonyl (C=O) groups excluding carboxylic acids is 2. The second-order valence-electron chi connectivity index (χ2n) is 5.06. The van der Waals surface area contributed by atoms with Crippen molar-refractivity contribution in [3.8, 4) is 0 Å². The number of alkyl halides is 3. The number of halogens is 3. The molecule has 1 amide bonds. The zero-order valence-electron chi connectivity index (χ0n) is 11.3. The van der Waals surface area contributed by atoms with Gasteiger partial charge in [0.2, 0.25) is 6.29 Å². The molecule has 0 saturated heterocycles. The molecular formula is C14H15F3N2O2. The molecule has 7 heteroatoms. The molecule has 1 aromatic heterocycles. The Morgan fingerprint density at radius 2 is 2.00 bits per heavy atom. The standard InChI is InChI=1S/C14H15F3N2O2/c15-14(16,17)10-5-6-11(18-7-10)8-19(13(21)9-20)12-3-1-2-4-12/h5-7,9,12H,1-4,8H2. The Labute approximate surface area is 120 Å². The summed E-state index contributed by atoms with van der Waals surface area (Å²) in [7, 11) is 0. The summed E-state index contributed by atoms with van der Waals surface area (Å²) in [6, 6.07) is 2.13. The van der Waals surface area contributed by atoms with E-state index in [9.17, 15) is 22.8 Å². The van der Waals surface area contributed by atoms with Crippen LogP contribution in [0.1, 0.15) is 36.9 Å². The van der Waals surface area contributed by atoms with E-state index in [1.165, 1.54) is 11.0 Å². The summed E-state index contributed by atoms with van der Waals surface area (Å²) < 4.78 is 37.4. The van der Waals surface area contributed by atoms with Crippen LogP contribution < -0.4 is 0 Å². The number of rotatable bonds is 4. The molecule has 1 fully saturated rings. The predicted molar refractivity (Wildman–Crippen MR) is 68.1 cm³/mol. The Hall–Kier alpha value is -1.92. The fraction of sp³-hybridized carbons (Fsp3) is 0.500. The fourth-order valence-electron chi connectivity index (χ4n) is 2.53.